The molecule has 0 spiro atoms. The molecule has 0 amide bonds. The fourth-order valence-electron chi connectivity index (χ4n) is 1.23. The number of aromatic amines is 1. The molecule has 0 saturated heterocycles. The molecule has 0 aliphatic carbocycles. The summed E-state index contributed by atoms with van der Waals surface area (Å²) in [5.41, 5.74) is 0.252. The van der Waals surface area contributed by atoms with Gasteiger partial charge in [0.05, 0.1) is 11.2 Å². The van der Waals surface area contributed by atoms with Gasteiger partial charge in [-0.25, -0.2) is 4.79 Å². The van der Waals surface area contributed by atoms with Crippen LogP contribution in [0.15, 0.2) is 27.5 Å². The molecule has 0 atom stereocenters. The highest BCUT2D eigenvalue weighted by Gasteiger charge is 2.03. The lowest BCUT2D eigenvalue weighted by Gasteiger charge is -1.99. The zero-order valence-electron chi connectivity index (χ0n) is 6.95. The Balaban J connectivity index is 2.95. The highest BCUT2D eigenvalue weighted by Crippen LogP contribution is 2.18. The third-order valence-corrected chi connectivity index (χ3v) is 2.32. The summed E-state index contributed by atoms with van der Waals surface area (Å²) >= 11 is 3.28. The lowest BCUT2D eigenvalue weighted by molar-refractivity contribution is 0.112. The van der Waals surface area contributed by atoms with Gasteiger partial charge in [-0.3, -0.25) is 4.79 Å². The number of aldehydes is 1. The maximum absolute atomic E-state index is 11.0. The van der Waals surface area contributed by atoms with Gasteiger partial charge < -0.3 is 4.98 Å². The minimum atomic E-state index is -0.512. The molecule has 0 bridgehead atoms. The average Bonchev–Trinajstić information content (AvgIpc) is 2.17. The Kier molecular flexibility index (Phi) is 2.17. The summed E-state index contributed by atoms with van der Waals surface area (Å²) in [7, 11) is 0. The zero-order chi connectivity index (χ0) is 10.1. The van der Waals surface area contributed by atoms with Crippen molar-refractivity contribution in [2.45, 2.75) is 0 Å². The normalized spacial score (nSPS) is 10.4. The van der Waals surface area contributed by atoms with E-state index in [1.165, 1.54) is 0 Å². The number of nitrogens with one attached hydrogen (secondary N) is 1. The lowest BCUT2D eigenvalue weighted by Crippen LogP contribution is -2.12. The third-order valence-electron chi connectivity index (χ3n) is 1.83. The number of nitrogens with zero attached hydrogens (tertiary/aromatic N) is 1. The first-order valence-corrected chi connectivity index (χ1v) is 4.65. The number of hydrogen-bond donors (Lipinski definition) is 1. The van der Waals surface area contributed by atoms with E-state index in [1.807, 2.05) is 0 Å². The summed E-state index contributed by atoms with van der Waals surface area (Å²) in [4.78, 5) is 27.8. The molecule has 0 fully saturated rings. The van der Waals surface area contributed by atoms with Crippen molar-refractivity contribution >= 4 is 33.1 Å². The molecule has 14 heavy (non-hydrogen) atoms. The van der Waals surface area contributed by atoms with Gasteiger partial charge in [-0.15, -0.1) is 0 Å². The van der Waals surface area contributed by atoms with Gasteiger partial charge in [0, 0.05) is 9.86 Å². The molecule has 2 rings (SSSR count). The molecule has 1 aromatic carbocycles. The number of rotatable bonds is 1. The van der Waals surface area contributed by atoms with E-state index < -0.39 is 5.69 Å². The van der Waals surface area contributed by atoms with Crippen molar-refractivity contribution < 1.29 is 4.79 Å². The third kappa shape index (κ3) is 1.46. The second-order valence-corrected chi connectivity index (χ2v) is 3.65. The van der Waals surface area contributed by atoms with Crippen LogP contribution in [0, 0.1) is 0 Å². The average molecular weight is 253 g/mol. The summed E-state index contributed by atoms with van der Waals surface area (Å²) < 4.78 is 0.835. The number of carbonyl (C=O) groups is 1. The SMILES string of the molecule is O=Cc1[nH]c(=O)nc2ccc(Br)cc12. The van der Waals surface area contributed by atoms with E-state index in [0.29, 0.717) is 17.2 Å². The smallest absolute Gasteiger partial charge is 0.302 e. The van der Waals surface area contributed by atoms with Crippen molar-refractivity contribution in [2.24, 2.45) is 0 Å². The molecule has 0 unspecified atom stereocenters. The van der Waals surface area contributed by atoms with Gasteiger partial charge in [-0.1, -0.05) is 15.9 Å². The number of H-pyrrole nitrogens is 1. The lowest BCUT2D eigenvalue weighted by atomic mass is 10.2. The molecule has 1 N–H and O–H groups in total. The highest BCUT2D eigenvalue weighted by atomic mass is 79.9. The predicted molar refractivity (Wildman–Crippen MR) is 55.5 cm³/mol. The van der Waals surface area contributed by atoms with Gasteiger partial charge in [-0.2, -0.15) is 4.98 Å². The maximum atomic E-state index is 11.0. The van der Waals surface area contributed by atoms with Crippen molar-refractivity contribution in [3.8, 4) is 0 Å². The second kappa shape index (κ2) is 3.34. The first-order valence-electron chi connectivity index (χ1n) is 3.85. The number of hydrogen-bond acceptors (Lipinski definition) is 3. The van der Waals surface area contributed by atoms with Crippen LogP contribution in [0.3, 0.4) is 0 Å². The molecule has 0 radical (unpaired) electrons. The van der Waals surface area contributed by atoms with Crippen LogP contribution in [-0.2, 0) is 0 Å². The van der Waals surface area contributed by atoms with E-state index in [0.717, 1.165) is 4.47 Å². The molecule has 0 aliphatic heterocycles. The zero-order valence-corrected chi connectivity index (χ0v) is 8.54. The van der Waals surface area contributed by atoms with Gasteiger partial charge in [0.2, 0.25) is 0 Å². The molecule has 70 valence electrons. The van der Waals surface area contributed by atoms with E-state index in [9.17, 15) is 9.59 Å². The molecular formula is C9H5BrN2O2. The number of benzene rings is 1. The first-order chi connectivity index (χ1) is 6.70. The van der Waals surface area contributed by atoms with Crippen molar-refractivity contribution in [3.63, 3.8) is 0 Å². The standard InChI is InChI=1S/C9H5BrN2O2/c10-5-1-2-7-6(3-5)8(4-13)12-9(14)11-7/h1-4H,(H,11,12,14). The van der Waals surface area contributed by atoms with E-state index in [2.05, 4.69) is 25.9 Å². The van der Waals surface area contributed by atoms with Gasteiger partial charge >= 0.3 is 5.69 Å². The molecule has 1 aromatic heterocycles. The van der Waals surface area contributed by atoms with Crippen LogP contribution >= 0.6 is 15.9 Å². The van der Waals surface area contributed by atoms with Gasteiger partial charge in [0.1, 0.15) is 0 Å². The molecule has 0 saturated carbocycles. The summed E-state index contributed by atoms with van der Waals surface area (Å²) in [6, 6.07) is 5.19. The van der Waals surface area contributed by atoms with Crippen LogP contribution in [0.1, 0.15) is 10.5 Å². The number of halogens is 1. The van der Waals surface area contributed by atoms with E-state index in [1.54, 1.807) is 18.2 Å². The van der Waals surface area contributed by atoms with Crippen LogP contribution in [0.2, 0.25) is 0 Å². The van der Waals surface area contributed by atoms with Crippen LogP contribution in [-0.4, -0.2) is 16.3 Å². The molecule has 2 aromatic rings. The molecule has 0 aliphatic rings. The summed E-state index contributed by atoms with van der Waals surface area (Å²) in [6.45, 7) is 0. The Morgan fingerprint density at radius 3 is 2.93 bits per heavy atom. The molecule has 4 nitrogen and oxygen atoms in total. The van der Waals surface area contributed by atoms with E-state index >= 15 is 0 Å². The Morgan fingerprint density at radius 2 is 2.21 bits per heavy atom. The molecular weight excluding hydrogens is 248 g/mol. The van der Waals surface area contributed by atoms with Gasteiger partial charge in [0.25, 0.3) is 0 Å². The molecule has 1 heterocycles. The Hall–Kier alpha value is -1.49. The number of aromatic nitrogens is 2. The first kappa shape index (κ1) is 9.08. The van der Waals surface area contributed by atoms with Crippen LogP contribution in [0.25, 0.3) is 10.9 Å². The van der Waals surface area contributed by atoms with E-state index in [4.69, 9.17) is 0 Å². The van der Waals surface area contributed by atoms with Crippen molar-refractivity contribution in [1.82, 2.24) is 9.97 Å². The topological polar surface area (TPSA) is 62.8 Å². The maximum Gasteiger partial charge on any atom is 0.346 e. The van der Waals surface area contributed by atoms with Crippen LogP contribution in [0.4, 0.5) is 0 Å². The summed E-state index contributed by atoms with van der Waals surface area (Å²) in [5, 5.41) is 0.633. The number of carbonyl (C=O) groups excluding carboxylic acids is 1. The number of fused-ring (bicyclic) bond motifs is 1. The van der Waals surface area contributed by atoms with Gasteiger partial charge in [0.15, 0.2) is 6.29 Å². The monoisotopic (exact) mass is 252 g/mol. The van der Waals surface area contributed by atoms with Crippen molar-refractivity contribution in [2.75, 3.05) is 0 Å². The highest BCUT2D eigenvalue weighted by molar-refractivity contribution is 9.10. The minimum Gasteiger partial charge on any atom is -0.302 e. The largest absolute Gasteiger partial charge is 0.346 e. The Labute approximate surface area is 87.1 Å². The van der Waals surface area contributed by atoms with Crippen LogP contribution in [0.5, 0.6) is 0 Å². The van der Waals surface area contributed by atoms with Crippen LogP contribution < -0.4 is 5.69 Å². The summed E-state index contributed by atoms with van der Waals surface area (Å²) in [6.07, 6.45) is 0.609. The van der Waals surface area contributed by atoms with Gasteiger partial charge in [-0.05, 0) is 18.2 Å². The Morgan fingerprint density at radius 1 is 1.43 bits per heavy atom. The fourth-order valence-corrected chi connectivity index (χ4v) is 1.60. The predicted octanol–water partition coefficient (Wildman–Crippen LogP) is 1.50. The fraction of sp³-hybridized carbons (Fsp3) is 0. The second-order valence-electron chi connectivity index (χ2n) is 2.73. The summed E-state index contributed by atoms with van der Waals surface area (Å²) in [5.74, 6) is 0. The molecule has 5 heteroatoms. The van der Waals surface area contributed by atoms with E-state index in [-0.39, 0.29) is 5.69 Å². The minimum absolute atomic E-state index is 0.251. The van der Waals surface area contributed by atoms with Crippen molar-refractivity contribution in [1.29, 1.82) is 0 Å². The quantitative estimate of drug-likeness (QED) is 0.783. The van der Waals surface area contributed by atoms with Crippen molar-refractivity contribution in [3.05, 3.63) is 38.9 Å². The Bertz CT molecular complexity index is 562.